The van der Waals surface area contributed by atoms with E-state index in [1.165, 1.54) is 25.8 Å². The van der Waals surface area contributed by atoms with Crippen LogP contribution in [0.4, 0.5) is 4.39 Å². The highest BCUT2D eigenvalue weighted by Gasteiger charge is 2.74. The maximum atomic E-state index is 17.7. The van der Waals surface area contributed by atoms with Crippen LogP contribution in [0.5, 0.6) is 0 Å². The molecule has 0 heterocycles. The Morgan fingerprint density at radius 2 is 1.97 bits per heavy atom. The van der Waals surface area contributed by atoms with Gasteiger partial charge in [-0.2, -0.15) is 0 Å². The van der Waals surface area contributed by atoms with Crippen molar-refractivity contribution in [1.29, 1.82) is 0 Å². The van der Waals surface area contributed by atoms with Crippen molar-refractivity contribution in [1.82, 2.24) is 0 Å². The Morgan fingerprint density at radius 1 is 1.21 bits per heavy atom. The summed E-state index contributed by atoms with van der Waals surface area (Å²) in [6.07, 6.45) is 10.5. The second-order valence-electron chi connectivity index (χ2n) is 10.8. The summed E-state index contributed by atoms with van der Waals surface area (Å²) in [7, 11) is 0. The third-order valence-corrected chi connectivity index (χ3v) is 12.9. The lowest BCUT2D eigenvalue weighted by Gasteiger charge is -2.63. The maximum absolute atomic E-state index is 17.7. The summed E-state index contributed by atoms with van der Waals surface area (Å²) in [5.41, 5.74) is -1.87. The number of alkyl halides is 1. The smallest absolute Gasteiger partial charge is 0.303 e. The van der Waals surface area contributed by atoms with E-state index in [0.717, 1.165) is 36.3 Å². The average molecular weight is 495 g/mol. The predicted octanol–water partition coefficient (Wildman–Crippen LogP) is 6.91. The van der Waals surface area contributed by atoms with Crippen LogP contribution in [0.1, 0.15) is 79.6 Å². The molecule has 0 radical (unpaired) electrons. The van der Waals surface area contributed by atoms with Crippen molar-refractivity contribution in [2.75, 3.05) is 11.5 Å². The predicted molar refractivity (Wildman–Crippen MR) is 136 cm³/mol. The molecule has 33 heavy (non-hydrogen) atoms. The van der Waals surface area contributed by atoms with Crippen LogP contribution < -0.4 is 0 Å². The fourth-order valence-electron chi connectivity index (χ4n) is 7.58. The SMILES string of the molecule is CCCCSC1(SCC)CC[C@H]2[C@@H]3CCC4=CC(=O)C=C[C@]4(C)[C@@]3(F)[C@@H](OC(C)=O)C[C@@]21C. The summed E-state index contributed by atoms with van der Waals surface area (Å²) in [6.45, 7) is 10.1. The fourth-order valence-corrected chi connectivity index (χ4v) is 11.4. The summed E-state index contributed by atoms with van der Waals surface area (Å²) in [6, 6.07) is 0. The highest BCUT2D eigenvalue weighted by atomic mass is 32.2. The molecule has 4 aliphatic carbocycles. The monoisotopic (exact) mass is 494 g/mol. The van der Waals surface area contributed by atoms with E-state index in [0.29, 0.717) is 12.8 Å². The first-order valence-electron chi connectivity index (χ1n) is 12.7. The fraction of sp³-hybridized carbons (Fsp3) is 0.778. The van der Waals surface area contributed by atoms with Crippen molar-refractivity contribution in [2.24, 2.45) is 22.7 Å². The van der Waals surface area contributed by atoms with Crippen molar-refractivity contribution in [3.8, 4) is 0 Å². The molecule has 0 aromatic heterocycles. The lowest BCUT2D eigenvalue weighted by Crippen LogP contribution is -2.68. The molecule has 0 amide bonds. The third kappa shape index (κ3) is 3.68. The van der Waals surface area contributed by atoms with E-state index in [4.69, 9.17) is 4.74 Å². The van der Waals surface area contributed by atoms with Gasteiger partial charge in [-0.3, -0.25) is 9.59 Å². The number of hydrogen-bond acceptors (Lipinski definition) is 5. The third-order valence-electron chi connectivity index (χ3n) is 9.18. The highest BCUT2D eigenvalue weighted by Crippen LogP contribution is 2.74. The first kappa shape index (κ1) is 25.3. The van der Waals surface area contributed by atoms with E-state index in [9.17, 15) is 9.59 Å². The summed E-state index contributed by atoms with van der Waals surface area (Å²) in [5, 5.41) is 0. The van der Waals surface area contributed by atoms with Gasteiger partial charge in [0, 0.05) is 18.3 Å². The minimum absolute atomic E-state index is 0.0245. The number of halogens is 1. The van der Waals surface area contributed by atoms with E-state index in [-0.39, 0.29) is 27.1 Å². The molecule has 7 atom stereocenters. The van der Waals surface area contributed by atoms with Crippen molar-refractivity contribution < 1.29 is 18.7 Å². The van der Waals surface area contributed by atoms with Gasteiger partial charge in [-0.25, -0.2) is 4.39 Å². The van der Waals surface area contributed by atoms with E-state index in [1.54, 1.807) is 12.2 Å². The van der Waals surface area contributed by atoms with Gasteiger partial charge in [0.15, 0.2) is 11.5 Å². The lowest BCUT2D eigenvalue weighted by molar-refractivity contribution is -0.209. The summed E-state index contributed by atoms with van der Waals surface area (Å²) in [4.78, 5) is 24.4. The van der Waals surface area contributed by atoms with Gasteiger partial charge >= 0.3 is 5.97 Å². The van der Waals surface area contributed by atoms with Gasteiger partial charge in [0.1, 0.15) is 6.10 Å². The Labute approximate surface area is 207 Å². The number of carbonyl (C=O) groups excluding carboxylic acids is 2. The molecule has 3 fully saturated rings. The minimum Gasteiger partial charge on any atom is -0.459 e. The summed E-state index contributed by atoms with van der Waals surface area (Å²) in [5.74, 6) is 1.71. The molecule has 3 saturated carbocycles. The van der Waals surface area contributed by atoms with Crippen LogP contribution in [0.3, 0.4) is 0 Å². The zero-order valence-electron chi connectivity index (χ0n) is 20.7. The Balaban J connectivity index is 1.80. The standard InChI is InChI=1S/C27H39FO3S2/c1-6-8-15-33-26(32-7-2)14-12-21-22-10-9-19-16-20(30)11-13-24(19,4)27(22,28)23(31-18(3)29)17-25(21,26)5/h11,13,16,21-23H,6-10,12,14-15,17H2,1-5H3/t21-,22-,23-,24-,25-,26?,27-/m0/s1. The largest absolute Gasteiger partial charge is 0.459 e. The number of ketones is 1. The second kappa shape index (κ2) is 9.04. The van der Waals surface area contributed by atoms with Gasteiger partial charge < -0.3 is 4.74 Å². The highest BCUT2D eigenvalue weighted by molar-refractivity contribution is 8.18. The molecule has 0 spiro atoms. The number of fused-ring (bicyclic) bond motifs is 5. The lowest BCUT2D eigenvalue weighted by atomic mass is 9.46. The number of rotatable bonds is 7. The molecule has 0 aliphatic heterocycles. The summed E-state index contributed by atoms with van der Waals surface area (Å²) < 4.78 is 23.7. The molecule has 6 heteroatoms. The molecule has 4 aliphatic rings. The number of esters is 1. The zero-order chi connectivity index (χ0) is 24.1. The number of carbonyl (C=O) groups is 2. The molecular weight excluding hydrogens is 455 g/mol. The first-order chi connectivity index (χ1) is 15.6. The van der Waals surface area contributed by atoms with Crippen LogP contribution in [0, 0.1) is 22.7 Å². The van der Waals surface area contributed by atoms with Crippen LogP contribution >= 0.6 is 23.5 Å². The summed E-state index contributed by atoms with van der Waals surface area (Å²) >= 11 is 4.11. The zero-order valence-corrected chi connectivity index (χ0v) is 22.4. The van der Waals surface area contributed by atoms with Gasteiger partial charge in [0.2, 0.25) is 0 Å². The molecule has 4 rings (SSSR count). The van der Waals surface area contributed by atoms with Crippen LogP contribution in [0.2, 0.25) is 0 Å². The van der Waals surface area contributed by atoms with E-state index >= 15 is 4.39 Å². The Hall–Kier alpha value is -0.750. The van der Waals surface area contributed by atoms with Crippen LogP contribution in [0.15, 0.2) is 23.8 Å². The number of thioether (sulfide) groups is 2. The molecule has 0 bridgehead atoms. The molecule has 3 nitrogen and oxygen atoms in total. The van der Waals surface area contributed by atoms with Gasteiger partial charge in [-0.05, 0) is 80.4 Å². The quantitative estimate of drug-likeness (QED) is 0.218. The number of unbranched alkanes of at least 4 members (excludes halogenated alkanes) is 1. The number of hydrogen-bond donors (Lipinski definition) is 0. The number of ether oxygens (including phenoxy) is 1. The molecule has 0 aromatic carbocycles. The maximum Gasteiger partial charge on any atom is 0.303 e. The molecule has 0 N–H and O–H groups in total. The van der Waals surface area contributed by atoms with Crippen LogP contribution in [-0.2, 0) is 14.3 Å². The van der Waals surface area contributed by atoms with Crippen molar-refractivity contribution >= 4 is 35.3 Å². The Morgan fingerprint density at radius 3 is 2.64 bits per heavy atom. The normalized spacial score (nSPS) is 44.0. The Bertz CT molecular complexity index is 871. The minimum atomic E-state index is -1.70. The molecule has 0 aromatic rings. The average Bonchev–Trinajstić information content (AvgIpc) is 3.02. The second-order valence-corrected chi connectivity index (χ2v) is 14.0. The van der Waals surface area contributed by atoms with Gasteiger partial charge in [-0.1, -0.05) is 38.8 Å². The van der Waals surface area contributed by atoms with E-state index < -0.39 is 23.2 Å². The topological polar surface area (TPSA) is 43.4 Å². The van der Waals surface area contributed by atoms with Gasteiger partial charge in [0.05, 0.1) is 4.08 Å². The molecule has 184 valence electrons. The van der Waals surface area contributed by atoms with Crippen LogP contribution in [-0.4, -0.2) is 39.1 Å². The molecular formula is C27H39FO3S2. The van der Waals surface area contributed by atoms with Crippen molar-refractivity contribution in [3.05, 3.63) is 23.8 Å². The van der Waals surface area contributed by atoms with Gasteiger partial charge in [0.25, 0.3) is 0 Å². The first-order valence-corrected chi connectivity index (χ1v) is 14.6. The Kier molecular flexibility index (Phi) is 6.94. The van der Waals surface area contributed by atoms with Crippen LogP contribution in [0.25, 0.3) is 0 Å². The molecule has 1 unspecified atom stereocenters. The van der Waals surface area contributed by atoms with Crippen molar-refractivity contribution in [3.63, 3.8) is 0 Å². The van der Waals surface area contributed by atoms with E-state index in [2.05, 4.69) is 32.5 Å². The van der Waals surface area contributed by atoms with E-state index in [1.807, 2.05) is 18.7 Å². The van der Waals surface area contributed by atoms with Gasteiger partial charge in [-0.15, -0.1) is 23.5 Å². The van der Waals surface area contributed by atoms with Crippen molar-refractivity contribution in [2.45, 2.75) is 95.4 Å². The molecule has 0 saturated heterocycles. The number of allylic oxidation sites excluding steroid dienone is 4.